The maximum atomic E-state index is 12.0. The second-order valence-electron chi connectivity index (χ2n) is 6.77. The van der Waals surface area contributed by atoms with Gasteiger partial charge in [0.15, 0.2) is 6.54 Å². The summed E-state index contributed by atoms with van der Waals surface area (Å²) in [6.45, 7) is 7.28. The van der Waals surface area contributed by atoms with Crippen LogP contribution in [0.4, 0.5) is 5.69 Å². The number of rotatable bonds is 6. The van der Waals surface area contributed by atoms with E-state index in [1.807, 2.05) is 24.5 Å². The summed E-state index contributed by atoms with van der Waals surface area (Å²) in [5.41, 5.74) is 6.24. The molecule has 3 rings (SSSR count). The Morgan fingerprint density at radius 2 is 2.00 bits per heavy atom. The average Bonchev–Trinajstić information content (AvgIpc) is 2.96. The first-order valence-electron chi connectivity index (χ1n) is 9.12. The van der Waals surface area contributed by atoms with Crippen molar-refractivity contribution in [2.45, 2.75) is 13.8 Å². The number of benzene rings is 1. The summed E-state index contributed by atoms with van der Waals surface area (Å²) < 4.78 is 7.27. The molecule has 9 nitrogen and oxygen atoms in total. The minimum absolute atomic E-state index is 0.0538. The van der Waals surface area contributed by atoms with Gasteiger partial charge >= 0.3 is 0 Å². The molecule has 1 amide bonds. The standard InChI is InChI=1S/C19H23N5O4/c1-14-11-16(12-20-21-19(25)13-22-7-9-28-10-8-22)15(2)23(14)17-3-5-18(6-4-17)24(26)27/h3-6,11-12H,7-10,13H2,1-2H3,(H,21,25)/p+1/b20-12-. The second-order valence-corrected chi connectivity index (χ2v) is 6.77. The number of carbonyl (C=O) groups excluding carboxylic acids is 1. The molecule has 0 aliphatic carbocycles. The number of aryl methyl sites for hydroxylation is 1. The molecule has 1 aliphatic heterocycles. The molecule has 28 heavy (non-hydrogen) atoms. The predicted molar refractivity (Wildman–Crippen MR) is 104 cm³/mol. The van der Waals surface area contributed by atoms with Crippen molar-refractivity contribution in [1.82, 2.24) is 9.99 Å². The van der Waals surface area contributed by atoms with Gasteiger partial charge in [-0.15, -0.1) is 0 Å². The molecule has 9 heteroatoms. The Kier molecular flexibility index (Phi) is 6.17. The lowest BCUT2D eigenvalue weighted by atomic mass is 10.2. The summed E-state index contributed by atoms with van der Waals surface area (Å²) in [5, 5.41) is 14.9. The SMILES string of the molecule is Cc1cc(/C=N\NC(=O)C[NH+]2CCOCC2)c(C)n1-c1ccc([N+](=O)[O-])cc1. The van der Waals surface area contributed by atoms with E-state index in [9.17, 15) is 14.9 Å². The van der Waals surface area contributed by atoms with E-state index in [2.05, 4.69) is 10.5 Å². The fraction of sp³-hybridized carbons (Fsp3) is 0.368. The fourth-order valence-corrected chi connectivity index (χ4v) is 3.32. The molecule has 1 aromatic heterocycles. The quantitative estimate of drug-likeness (QED) is 0.425. The van der Waals surface area contributed by atoms with Crippen LogP contribution in [0.5, 0.6) is 0 Å². The molecule has 1 fully saturated rings. The van der Waals surface area contributed by atoms with Gasteiger partial charge in [-0.3, -0.25) is 14.9 Å². The van der Waals surface area contributed by atoms with Crippen LogP contribution >= 0.6 is 0 Å². The van der Waals surface area contributed by atoms with Crippen molar-refractivity contribution in [2.24, 2.45) is 5.10 Å². The van der Waals surface area contributed by atoms with Crippen LogP contribution in [0.25, 0.3) is 5.69 Å². The number of quaternary nitrogens is 1. The number of nitro benzene ring substituents is 1. The number of carbonyl (C=O) groups is 1. The van der Waals surface area contributed by atoms with Crippen LogP contribution in [0.1, 0.15) is 17.0 Å². The van der Waals surface area contributed by atoms with E-state index in [4.69, 9.17) is 4.74 Å². The topological polar surface area (TPSA) is 103 Å². The van der Waals surface area contributed by atoms with Gasteiger partial charge in [0.2, 0.25) is 0 Å². The Labute approximate surface area is 162 Å². The maximum absolute atomic E-state index is 12.0. The summed E-state index contributed by atoms with van der Waals surface area (Å²) in [4.78, 5) is 23.6. The summed E-state index contributed by atoms with van der Waals surface area (Å²) in [5.74, 6) is -0.127. The van der Waals surface area contributed by atoms with Crippen LogP contribution in [-0.4, -0.2) is 54.5 Å². The Balaban J connectivity index is 1.66. The maximum Gasteiger partial charge on any atom is 0.295 e. The molecule has 0 saturated carbocycles. The highest BCUT2D eigenvalue weighted by atomic mass is 16.6. The van der Waals surface area contributed by atoms with Crippen molar-refractivity contribution in [1.29, 1.82) is 0 Å². The summed E-state index contributed by atoms with van der Waals surface area (Å²) in [6.07, 6.45) is 1.62. The average molecular weight is 386 g/mol. The third kappa shape index (κ3) is 4.62. The molecule has 148 valence electrons. The first-order chi connectivity index (χ1) is 13.5. The molecular formula is C19H24N5O4+. The summed E-state index contributed by atoms with van der Waals surface area (Å²) >= 11 is 0. The monoisotopic (exact) mass is 386 g/mol. The van der Waals surface area contributed by atoms with Gasteiger partial charge in [0, 0.05) is 34.8 Å². The number of hydrogen-bond donors (Lipinski definition) is 2. The number of ether oxygens (including phenoxy) is 1. The van der Waals surface area contributed by atoms with Crippen LogP contribution < -0.4 is 10.3 Å². The molecule has 2 aromatic rings. The lowest BCUT2D eigenvalue weighted by molar-refractivity contribution is -0.900. The summed E-state index contributed by atoms with van der Waals surface area (Å²) in [6, 6.07) is 8.35. The highest BCUT2D eigenvalue weighted by Crippen LogP contribution is 2.21. The number of hydrazone groups is 1. The number of aromatic nitrogens is 1. The largest absolute Gasteiger partial charge is 0.370 e. The number of hydrogen-bond acceptors (Lipinski definition) is 5. The van der Waals surface area contributed by atoms with Crippen molar-refractivity contribution in [2.75, 3.05) is 32.8 Å². The van der Waals surface area contributed by atoms with Crippen LogP contribution in [0, 0.1) is 24.0 Å². The molecule has 2 heterocycles. The molecule has 0 spiro atoms. The van der Waals surface area contributed by atoms with Gasteiger partial charge in [-0.2, -0.15) is 5.10 Å². The number of nitrogens with zero attached hydrogens (tertiary/aromatic N) is 3. The van der Waals surface area contributed by atoms with Crippen LogP contribution in [0.15, 0.2) is 35.4 Å². The van der Waals surface area contributed by atoms with Gasteiger partial charge in [-0.05, 0) is 32.0 Å². The normalized spacial score (nSPS) is 15.1. The molecule has 1 saturated heterocycles. The molecular weight excluding hydrogens is 362 g/mol. The van der Waals surface area contributed by atoms with Crippen molar-refractivity contribution >= 4 is 17.8 Å². The third-order valence-corrected chi connectivity index (χ3v) is 4.79. The van der Waals surface area contributed by atoms with E-state index in [1.54, 1.807) is 18.3 Å². The number of amides is 1. The van der Waals surface area contributed by atoms with Crippen molar-refractivity contribution in [3.63, 3.8) is 0 Å². The molecule has 1 aromatic carbocycles. The van der Waals surface area contributed by atoms with Gasteiger partial charge in [0.25, 0.3) is 11.6 Å². The number of nitrogens with one attached hydrogen (secondary N) is 2. The molecule has 1 aliphatic rings. The van der Waals surface area contributed by atoms with Crippen LogP contribution in [0.2, 0.25) is 0 Å². The number of nitro groups is 1. The predicted octanol–water partition coefficient (Wildman–Crippen LogP) is 0.368. The summed E-state index contributed by atoms with van der Waals surface area (Å²) in [7, 11) is 0. The highest BCUT2D eigenvalue weighted by molar-refractivity contribution is 5.84. The minimum atomic E-state index is -0.418. The first kappa shape index (κ1) is 19.7. The van der Waals surface area contributed by atoms with E-state index in [1.165, 1.54) is 17.0 Å². The van der Waals surface area contributed by atoms with Gasteiger partial charge in [0.05, 0.1) is 24.4 Å². The van der Waals surface area contributed by atoms with Gasteiger partial charge in [0.1, 0.15) is 13.1 Å². The zero-order valence-electron chi connectivity index (χ0n) is 16.0. The fourth-order valence-electron chi connectivity index (χ4n) is 3.32. The van der Waals surface area contributed by atoms with E-state index in [0.29, 0.717) is 19.8 Å². The number of non-ortho nitro benzene ring substituents is 1. The molecule has 0 radical (unpaired) electrons. The van der Waals surface area contributed by atoms with E-state index >= 15 is 0 Å². The van der Waals surface area contributed by atoms with Gasteiger partial charge in [-0.1, -0.05) is 0 Å². The lowest BCUT2D eigenvalue weighted by Crippen LogP contribution is -3.15. The second kappa shape index (κ2) is 8.77. The third-order valence-electron chi connectivity index (χ3n) is 4.79. The molecule has 0 unspecified atom stereocenters. The molecule has 2 N–H and O–H groups in total. The number of morpholine rings is 1. The van der Waals surface area contributed by atoms with E-state index in [0.717, 1.165) is 35.7 Å². The van der Waals surface area contributed by atoms with Crippen molar-refractivity contribution in [3.8, 4) is 5.69 Å². The first-order valence-corrected chi connectivity index (χ1v) is 9.12. The van der Waals surface area contributed by atoms with Gasteiger partial charge < -0.3 is 14.2 Å². The van der Waals surface area contributed by atoms with E-state index < -0.39 is 4.92 Å². The highest BCUT2D eigenvalue weighted by Gasteiger charge is 2.17. The Bertz CT molecular complexity index is 882. The lowest BCUT2D eigenvalue weighted by Gasteiger charge is -2.22. The van der Waals surface area contributed by atoms with Gasteiger partial charge in [-0.25, -0.2) is 5.43 Å². The van der Waals surface area contributed by atoms with Crippen molar-refractivity contribution in [3.05, 3.63) is 57.4 Å². The molecule has 0 bridgehead atoms. The van der Waals surface area contributed by atoms with Crippen LogP contribution in [-0.2, 0) is 9.53 Å². The smallest absolute Gasteiger partial charge is 0.295 e. The molecule has 0 atom stereocenters. The minimum Gasteiger partial charge on any atom is -0.370 e. The Morgan fingerprint density at radius 1 is 1.32 bits per heavy atom. The van der Waals surface area contributed by atoms with Crippen LogP contribution in [0.3, 0.4) is 0 Å². The Hall–Kier alpha value is -3.04. The van der Waals surface area contributed by atoms with Crippen molar-refractivity contribution < 1.29 is 19.4 Å². The Morgan fingerprint density at radius 3 is 2.64 bits per heavy atom. The zero-order valence-corrected chi connectivity index (χ0v) is 16.0. The van der Waals surface area contributed by atoms with E-state index in [-0.39, 0.29) is 11.6 Å². The zero-order chi connectivity index (χ0) is 20.1.